The first-order valence-corrected chi connectivity index (χ1v) is 5.24. The van der Waals surface area contributed by atoms with Crippen LogP contribution in [0.2, 0.25) is 0 Å². The Hall–Kier alpha value is -2.35. The predicted octanol–water partition coefficient (Wildman–Crippen LogP) is 1.26. The van der Waals surface area contributed by atoms with Crippen molar-refractivity contribution in [2.24, 2.45) is 0 Å². The number of rotatable bonds is 2. The number of carbonyl (C=O) groups is 1. The first-order chi connectivity index (χ1) is 8.29. The van der Waals surface area contributed by atoms with Gasteiger partial charge in [0.1, 0.15) is 17.6 Å². The molecule has 0 spiro atoms. The molecule has 5 heteroatoms. The molecular formula is C12H11N3O2. The van der Waals surface area contributed by atoms with Gasteiger partial charge in [0.2, 0.25) is 0 Å². The SMILES string of the molecule is CCOC(=O)CC#Cc1cnc2[nH]ccc2n1. The fourth-order valence-corrected chi connectivity index (χ4v) is 1.31. The van der Waals surface area contributed by atoms with Crippen LogP contribution in [0.4, 0.5) is 0 Å². The molecule has 5 nitrogen and oxygen atoms in total. The molecular weight excluding hydrogens is 218 g/mol. The lowest BCUT2D eigenvalue weighted by Crippen LogP contribution is -2.01. The zero-order valence-electron chi connectivity index (χ0n) is 9.36. The predicted molar refractivity (Wildman–Crippen MR) is 62.0 cm³/mol. The van der Waals surface area contributed by atoms with Crippen molar-refractivity contribution >= 4 is 17.1 Å². The standard InChI is InChI=1S/C12H11N3O2/c1-2-17-11(16)5-3-4-9-8-14-12-10(15-9)6-7-13-12/h6-8H,2,5H2,1H3,(H,13,14). The Balaban J connectivity index is 2.07. The Labute approximate surface area is 98.2 Å². The van der Waals surface area contributed by atoms with Crippen molar-refractivity contribution in [2.75, 3.05) is 6.61 Å². The lowest BCUT2D eigenvalue weighted by Gasteiger charge is -1.94. The summed E-state index contributed by atoms with van der Waals surface area (Å²) < 4.78 is 4.76. The van der Waals surface area contributed by atoms with E-state index < -0.39 is 0 Å². The average Bonchev–Trinajstić information content (AvgIpc) is 2.76. The third-order valence-corrected chi connectivity index (χ3v) is 2.02. The highest BCUT2D eigenvalue weighted by Crippen LogP contribution is 2.05. The number of carbonyl (C=O) groups excluding carboxylic acids is 1. The third-order valence-electron chi connectivity index (χ3n) is 2.02. The Morgan fingerprint density at radius 1 is 1.59 bits per heavy atom. The van der Waals surface area contributed by atoms with Gasteiger partial charge in [-0.3, -0.25) is 4.79 Å². The number of H-pyrrole nitrogens is 1. The van der Waals surface area contributed by atoms with Crippen LogP contribution in [0.15, 0.2) is 18.5 Å². The van der Waals surface area contributed by atoms with Crippen LogP contribution in [-0.4, -0.2) is 27.5 Å². The molecule has 0 aliphatic rings. The Morgan fingerprint density at radius 3 is 3.29 bits per heavy atom. The molecule has 2 aromatic heterocycles. The first-order valence-electron chi connectivity index (χ1n) is 5.24. The Kier molecular flexibility index (Phi) is 3.36. The number of aromatic nitrogens is 3. The summed E-state index contributed by atoms with van der Waals surface area (Å²) in [6.07, 6.45) is 3.40. The molecule has 0 aliphatic carbocycles. The number of nitrogens with one attached hydrogen (secondary N) is 1. The number of esters is 1. The highest BCUT2D eigenvalue weighted by molar-refractivity contribution is 5.73. The highest BCUT2D eigenvalue weighted by Gasteiger charge is 1.98. The van der Waals surface area contributed by atoms with Gasteiger partial charge in [-0.25, -0.2) is 9.97 Å². The van der Waals surface area contributed by atoms with Crippen LogP contribution in [0.3, 0.4) is 0 Å². The van der Waals surface area contributed by atoms with Gasteiger partial charge in [0, 0.05) is 6.20 Å². The summed E-state index contributed by atoms with van der Waals surface area (Å²) in [6.45, 7) is 2.13. The lowest BCUT2D eigenvalue weighted by atomic mass is 10.3. The maximum absolute atomic E-state index is 11.0. The van der Waals surface area contributed by atoms with E-state index in [1.165, 1.54) is 0 Å². The molecule has 2 rings (SSSR count). The molecule has 2 aromatic rings. The topological polar surface area (TPSA) is 67.9 Å². The summed E-state index contributed by atoms with van der Waals surface area (Å²) in [5.74, 6) is 5.16. The van der Waals surface area contributed by atoms with Gasteiger partial charge in [0.25, 0.3) is 0 Å². The molecule has 0 aromatic carbocycles. The van der Waals surface area contributed by atoms with Gasteiger partial charge in [-0.2, -0.15) is 0 Å². The van der Waals surface area contributed by atoms with E-state index in [2.05, 4.69) is 26.8 Å². The van der Waals surface area contributed by atoms with Crippen molar-refractivity contribution in [2.45, 2.75) is 13.3 Å². The zero-order chi connectivity index (χ0) is 12.1. The van der Waals surface area contributed by atoms with Gasteiger partial charge in [-0.15, -0.1) is 0 Å². The molecule has 0 saturated heterocycles. The van der Waals surface area contributed by atoms with E-state index in [9.17, 15) is 4.79 Å². The van der Waals surface area contributed by atoms with Crippen molar-refractivity contribution in [1.29, 1.82) is 0 Å². The number of ether oxygens (including phenoxy) is 1. The smallest absolute Gasteiger partial charge is 0.317 e. The van der Waals surface area contributed by atoms with E-state index in [0.717, 1.165) is 11.2 Å². The number of nitrogens with zero attached hydrogens (tertiary/aromatic N) is 2. The quantitative estimate of drug-likeness (QED) is 0.622. The summed E-state index contributed by atoms with van der Waals surface area (Å²) in [4.78, 5) is 22.4. The van der Waals surface area contributed by atoms with E-state index >= 15 is 0 Å². The van der Waals surface area contributed by atoms with Crippen LogP contribution in [0.25, 0.3) is 11.2 Å². The van der Waals surface area contributed by atoms with Gasteiger partial charge in [-0.05, 0) is 18.9 Å². The molecule has 0 unspecified atom stereocenters. The van der Waals surface area contributed by atoms with Crippen molar-refractivity contribution in [3.63, 3.8) is 0 Å². The summed E-state index contributed by atoms with van der Waals surface area (Å²) in [5, 5.41) is 0. The molecule has 0 amide bonds. The number of aromatic amines is 1. The fourth-order valence-electron chi connectivity index (χ4n) is 1.31. The minimum absolute atomic E-state index is 0.0701. The second-order valence-corrected chi connectivity index (χ2v) is 3.25. The van der Waals surface area contributed by atoms with Crippen LogP contribution in [0.5, 0.6) is 0 Å². The molecule has 0 atom stereocenters. The fraction of sp³-hybridized carbons (Fsp3) is 0.250. The van der Waals surface area contributed by atoms with E-state index in [0.29, 0.717) is 12.3 Å². The summed E-state index contributed by atoms with van der Waals surface area (Å²) in [5.41, 5.74) is 2.02. The molecule has 86 valence electrons. The van der Waals surface area contributed by atoms with E-state index in [-0.39, 0.29) is 12.4 Å². The number of hydrogen-bond donors (Lipinski definition) is 1. The zero-order valence-corrected chi connectivity index (χ0v) is 9.36. The molecule has 0 aliphatic heterocycles. The Morgan fingerprint density at radius 2 is 2.47 bits per heavy atom. The minimum atomic E-state index is -0.323. The summed E-state index contributed by atoms with van der Waals surface area (Å²) in [6, 6.07) is 1.82. The van der Waals surface area contributed by atoms with Gasteiger partial charge in [0.05, 0.1) is 12.8 Å². The first kappa shape index (κ1) is 11.1. The van der Waals surface area contributed by atoms with Crippen molar-refractivity contribution < 1.29 is 9.53 Å². The average molecular weight is 229 g/mol. The monoisotopic (exact) mass is 229 g/mol. The third kappa shape index (κ3) is 2.82. The maximum Gasteiger partial charge on any atom is 0.317 e. The largest absolute Gasteiger partial charge is 0.465 e. The van der Waals surface area contributed by atoms with Crippen LogP contribution >= 0.6 is 0 Å². The number of hydrogen-bond acceptors (Lipinski definition) is 4. The van der Waals surface area contributed by atoms with E-state index in [1.54, 1.807) is 19.3 Å². The maximum atomic E-state index is 11.0. The van der Waals surface area contributed by atoms with Crippen LogP contribution < -0.4 is 0 Å². The molecule has 2 heterocycles. The molecule has 17 heavy (non-hydrogen) atoms. The molecule has 0 bridgehead atoms. The number of fused-ring (bicyclic) bond motifs is 1. The molecule has 0 fully saturated rings. The molecule has 0 radical (unpaired) electrons. The van der Waals surface area contributed by atoms with Gasteiger partial charge in [0.15, 0.2) is 5.65 Å². The normalized spacial score (nSPS) is 9.71. The van der Waals surface area contributed by atoms with E-state index in [4.69, 9.17) is 4.74 Å². The molecule has 1 N–H and O–H groups in total. The van der Waals surface area contributed by atoms with E-state index in [1.807, 2.05) is 6.07 Å². The summed E-state index contributed by atoms with van der Waals surface area (Å²) in [7, 11) is 0. The van der Waals surface area contributed by atoms with Crippen LogP contribution in [-0.2, 0) is 9.53 Å². The minimum Gasteiger partial charge on any atom is -0.465 e. The van der Waals surface area contributed by atoms with Gasteiger partial charge in [-0.1, -0.05) is 5.92 Å². The second kappa shape index (κ2) is 5.12. The Bertz CT molecular complexity index is 592. The summed E-state index contributed by atoms with van der Waals surface area (Å²) >= 11 is 0. The van der Waals surface area contributed by atoms with Crippen molar-refractivity contribution in [3.05, 3.63) is 24.2 Å². The van der Waals surface area contributed by atoms with Crippen molar-refractivity contribution in [1.82, 2.24) is 15.0 Å². The van der Waals surface area contributed by atoms with Crippen LogP contribution in [0, 0.1) is 11.8 Å². The molecule has 0 saturated carbocycles. The van der Waals surface area contributed by atoms with Gasteiger partial charge < -0.3 is 9.72 Å². The highest BCUT2D eigenvalue weighted by atomic mass is 16.5. The lowest BCUT2D eigenvalue weighted by molar-refractivity contribution is -0.141. The van der Waals surface area contributed by atoms with Gasteiger partial charge >= 0.3 is 5.97 Å². The van der Waals surface area contributed by atoms with Crippen LogP contribution in [0.1, 0.15) is 19.0 Å². The van der Waals surface area contributed by atoms with Crippen molar-refractivity contribution in [3.8, 4) is 11.8 Å². The second-order valence-electron chi connectivity index (χ2n) is 3.25.